The fraction of sp³-hybridized carbons (Fsp3) is 0.300. The van der Waals surface area contributed by atoms with Crippen LogP contribution >= 0.6 is 34.2 Å². The Balaban J connectivity index is 2.70. The molecule has 1 aromatic rings. The number of alkyl halides is 1. The predicted molar refractivity (Wildman–Crippen MR) is 77.9 cm³/mol. The molecule has 0 radical (unpaired) electrons. The zero-order chi connectivity index (χ0) is 12.0. The van der Waals surface area contributed by atoms with Crippen LogP contribution in [-0.2, 0) is 6.54 Å². The SMILES string of the molecule is NC(N)=NCc1ccc(NCCCl)c(I)c1. The van der Waals surface area contributed by atoms with Crippen molar-refractivity contribution in [3.63, 3.8) is 0 Å². The van der Waals surface area contributed by atoms with E-state index in [0.717, 1.165) is 21.4 Å². The highest BCUT2D eigenvalue weighted by Crippen LogP contribution is 2.19. The Morgan fingerprint density at radius 3 is 2.75 bits per heavy atom. The van der Waals surface area contributed by atoms with Crippen LogP contribution in [0.4, 0.5) is 5.69 Å². The van der Waals surface area contributed by atoms with Gasteiger partial charge in [-0.1, -0.05) is 6.07 Å². The summed E-state index contributed by atoms with van der Waals surface area (Å²) in [5.41, 5.74) is 12.7. The molecule has 6 heteroatoms. The molecule has 0 bridgehead atoms. The average molecular weight is 353 g/mol. The van der Waals surface area contributed by atoms with Gasteiger partial charge in [0.05, 0.1) is 6.54 Å². The molecule has 0 spiro atoms. The molecule has 0 saturated carbocycles. The zero-order valence-electron chi connectivity index (χ0n) is 8.71. The first-order valence-corrected chi connectivity index (χ1v) is 6.38. The van der Waals surface area contributed by atoms with Crippen molar-refractivity contribution in [1.82, 2.24) is 0 Å². The molecule has 0 saturated heterocycles. The highest BCUT2D eigenvalue weighted by molar-refractivity contribution is 14.1. The molecule has 1 aromatic carbocycles. The van der Waals surface area contributed by atoms with Crippen LogP contribution in [0.2, 0.25) is 0 Å². The zero-order valence-corrected chi connectivity index (χ0v) is 11.6. The Labute approximate surface area is 114 Å². The lowest BCUT2D eigenvalue weighted by Gasteiger charge is -2.08. The Morgan fingerprint density at radius 2 is 2.19 bits per heavy atom. The molecule has 0 unspecified atom stereocenters. The molecule has 0 heterocycles. The lowest BCUT2D eigenvalue weighted by molar-refractivity contribution is 1.05. The van der Waals surface area contributed by atoms with Crippen LogP contribution in [0.3, 0.4) is 0 Å². The van der Waals surface area contributed by atoms with Gasteiger partial charge in [0.1, 0.15) is 0 Å². The van der Waals surface area contributed by atoms with Crippen LogP contribution in [0.5, 0.6) is 0 Å². The highest BCUT2D eigenvalue weighted by Gasteiger charge is 2.00. The lowest BCUT2D eigenvalue weighted by Crippen LogP contribution is -2.22. The fourth-order valence-electron chi connectivity index (χ4n) is 1.16. The first-order chi connectivity index (χ1) is 7.63. The molecular weight excluding hydrogens is 338 g/mol. The van der Waals surface area contributed by atoms with E-state index in [0.29, 0.717) is 12.4 Å². The quantitative estimate of drug-likeness (QED) is 0.327. The molecule has 5 N–H and O–H groups in total. The molecule has 4 nitrogen and oxygen atoms in total. The monoisotopic (exact) mass is 352 g/mol. The Kier molecular flexibility index (Phi) is 5.68. The van der Waals surface area contributed by atoms with Crippen molar-refractivity contribution in [2.75, 3.05) is 17.7 Å². The summed E-state index contributed by atoms with van der Waals surface area (Å²) in [6.45, 7) is 1.26. The number of nitrogens with two attached hydrogens (primary N) is 2. The first-order valence-electron chi connectivity index (χ1n) is 4.77. The van der Waals surface area contributed by atoms with E-state index in [9.17, 15) is 0 Å². The van der Waals surface area contributed by atoms with Crippen LogP contribution in [0.15, 0.2) is 23.2 Å². The number of nitrogens with zero attached hydrogens (tertiary/aromatic N) is 1. The van der Waals surface area contributed by atoms with Crippen molar-refractivity contribution in [3.8, 4) is 0 Å². The maximum absolute atomic E-state index is 5.61. The van der Waals surface area contributed by atoms with E-state index in [1.54, 1.807) is 0 Å². The normalized spacial score (nSPS) is 9.88. The third kappa shape index (κ3) is 4.44. The van der Waals surface area contributed by atoms with Crippen LogP contribution in [0.1, 0.15) is 5.56 Å². The summed E-state index contributed by atoms with van der Waals surface area (Å²) in [4.78, 5) is 3.96. The number of guanidine groups is 1. The Hall–Kier alpha value is -0.690. The lowest BCUT2D eigenvalue weighted by atomic mass is 10.2. The standard InChI is InChI=1S/C10H14ClIN4/c11-3-4-15-9-2-1-7(5-8(9)12)6-16-10(13)14/h1-2,5,15H,3-4,6H2,(H4,13,14,16). The van der Waals surface area contributed by atoms with E-state index in [-0.39, 0.29) is 5.96 Å². The number of nitrogens with one attached hydrogen (secondary N) is 1. The predicted octanol–water partition coefficient (Wildman–Crippen LogP) is 1.72. The molecule has 0 aliphatic rings. The number of anilines is 1. The fourth-order valence-corrected chi connectivity index (χ4v) is 2.03. The maximum atomic E-state index is 5.61. The molecule has 0 aliphatic carbocycles. The van der Waals surface area contributed by atoms with Gasteiger partial charge in [-0.2, -0.15) is 0 Å². The third-order valence-corrected chi connectivity index (χ3v) is 2.97. The van der Waals surface area contributed by atoms with E-state index < -0.39 is 0 Å². The van der Waals surface area contributed by atoms with Crippen molar-refractivity contribution in [2.24, 2.45) is 16.5 Å². The van der Waals surface area contributed by atoms with Gasteiger partial charge in [0, 0.05) is 21.7 Å². The minimum absolute atomic E-state index is 0.111. The van der Waals surface area contributed by atoms with Gasteiger partial charge in [0.25, 0.3) is 0 Å². The molecule has 0 atom stereocenters. The molecule has 0 amide bonds. The van der Waals surface area contributed by atoms with Gasteiger partial charge in [-0.15, -0.1) is 11.6 Å². The smallest absolute Gasteiger partial charge is 0.186 e. The number of benzene rings is 1. The van der Waals surface area contributed by atoms with Gasteiger partial charge in [-0.05, 0) is 40.3 Å². The third-order valence-electron chi connectivity index (χ3n) is 1.89. The van der Waals surface area contributed by atoms with Gasteiger partial charge in [-0.25, -0.2) is 4.99 Å². The molecule has 88 valence electrons. The topological polar surface area (TPSA) is 76.4 Å². The van der Waals surface area contributed by atoms with Gasteiger partial charge in [0.15, 0.2) is 5.96 Å². The van der Waals surface area contributed by atoms with Crippen molar-refractivity contribution in [2.45, 2.75) is 6.54 Å². The number of hydrogen-bond donors (Lipinski definition) is 3. The van der Waals surface area contributed by atoms with E-state index in [4.69, 9.17) is 23.1 Å². The highest BCUT2D eigenvalue weighted by atomic mass is 127. The van der Waals surface area contributed by atoms with Crippen LogP contribution < -0.4 is 16.8 Å². The number of aliphatic imine (C=N–C) groups is 1. The number of halogens is 2. The van der Waals surface area contributed by atoms with Crippen LogP contribution in [0, 0.1) is 3.57 Å². The second-order valence-electron chi connectivity index (χ2n) is 3.17. The summed E-state index contributed by atoms with van der Waals surface area (Å²) in [6.07, 6.45) is 0. The second-order valence-corrected chi connectivity index (χ2v) is 4.71. The van der Waals surface area contributed by atoms with E-state index in [2.05, 4.69) is 32.9 Å². The Morgan fingerprint density at radius 1 is 1.44 bits per heavy atom. The number of rotatable bonds is 5. The van der Waals surface area contributed by atoms with Crippen LogP contribution in [0.25, 0.3) is 0 Å². The Bertz CT molecular complexity index is 377. The first kappa shape index (κ1) is 13.4. The second kappa shape index (κ2) is 6.80. The molecule has 1 rings (SSSR count). The summed E-state index contributed by atoms with van der Waals surface area (Å²) in [5.74, 6) is 0.700. The van der Waals surface area contributed by atoms with Gasteiger partial charge < -0.3 is 16.8 Å². The minimum atomic E-state index is 0.111. The minimum Gasteiger partial charge on any atom is -0.383 e. The van der Waals surface area contributed by atoms with Gasteiger partial charge in [-0.3, -0.25) is 0 Å². The number of hydrogen-bond acceptors (Lipinski definition) is 2. The van der Waals surface area contributed by atoms with E-state index in [1.807, 2.05) is 18.2 Å². The average Bonchev–Trinajstić information content (AvgIpc) is 2.25. The van der Waals surface area contributed by atoms with Crippen LogP contribution in [-0.4, -0.2) is 18.4 Å². The molecular formula is C10H14ClIN4. The van der Waals surface area contributed by atoms with E-state index in [1.165, 1.54) is 0 Å². The maximum Gasteiger partial charge on any atom is 0.186 e. The summed E-state index contributed by atoms with van der Waals surface area (Å²) in [5, 5.41) is 3.23. The molecule has 0 aromatic heterocycles. The summed E-state index contributed by atoms with van der Waals surface area (Å²) >= 11 is 7.88. The van der Waals surface area contributed by atoms with Crippen molar-refractivity contribution < 1.29 is 0 Å². The molecule has 0 fully saturated rings. The molecule has 16 heavy (non-hydrogen) atoms. The van der Waals surface area contributed by atoms with E-state index >= 15 is 0 Å². The summed E-state index contributed by atoms with van der Waals surface area (Å²) in [7, 11) is 0. The summed E-state index contributed by atoms with van der Waals surface area (Å²) in [6, 6.07) is 6.04. The van der Waals surface area contributed by atoms with Crippen molar-refractivity contribution in [1.29, 1.82) is 0 Å². The van der Waals surface area contributed by atoms with Gasteiger partial charge >= 0.3 is 0 Å². The van der Waals surface area contributed by atoms with Gasteiger partial charge in [0.2, 0.25) is 0 Å². The summed E-state index contributed by atoms with van der Waals surface area (Å²) < 4.78 is 1.13. The largest absolute Gasteiger partial charge is 0.383 e. The molecule has 0 aliphatic heterocycles. The van der Waals surface area contributed by atoms with Crippen molar-refractivity contribution >= 4 is 45.8 Å². The van der Waals surface area contributed by atoms with Crippen molar-refractivity contribution in [3.05, 3.63) is 27.3 Å².